The van der Waals surface area contributed by atoms with Gasteiger partial charge in [-0.15, -0.1) is 0 Å². The standard InChI is InChI=1S/C27H30O4.C20H19NO4.CH3.W/c28-20-9-11-23(25(29)16-20)24-17-31-26-13-8-19-15-21(10-12-22(19)27(24)26)30-14-4-7-18-5-2-1-3-6-18;21-7-8-24-14-3-5-15-12(9-14)1-6-19-20(15)17(11-25-19)16-4-2-13(22)10-18(16)23;;/h8,10,12-13,15,17-18,23H,1-7,9,11,14,16H2;1,3,5-6,9,11,16H,2,4,7-8,10,21H2;1H3;/q;;-1;. The van der Waals surface area contributed by atoms with Crippen LogP contribution in [0.3, 0.4) is 0 Å². The molecule has 0 saturated heterocycles. The van der Waals surface area contributed by atoms with E-state index in [0.29, 0.717) is 38.8 Å². The molecule has 9 rings (SSSR count). The fourth-order valence-electron chi connectivity index (χ4n) is 9.05. The van der Waals surface area contributed by atoms with Crippen LogP contribution in [-0.4, -0.2) is 42.9 Å². The topological polar surface area (TPSA) is 139 Å². The van der Waals surface area contributed by atoms with E-state index >= 15 is 0 Å². The molecule has 0 amide bonds. The van der Waals surface area contributed by atoms with Gasteiger partial charge >= 0.3 is 0 Å². The Kier molecular flexibility index (Phi) is 14.4. The molecule has 0 bridgehead atoms. The summed E-state index contributed by atoms with van der Waals surface area (Å²) in [4.78, 5) is 48.0. The molecule has 0 radical (unpaired) electrons. The number of carbonyl (C=O) groups excluding carboxylic acids is 4. The molecule has 0 spiro atoms. The zero-order chi connectivity index (χ0) is 38.6. The number of carbonyl (C=O) groups is 4. The normalized spacial score (nSPS) is 18.8. The van der Waals surface area contributed by atoms with Crippen molar-refractivity contribution in [1.29, 1.82) is 0 Å². The molecular formula is C48H52NO8W-. The summed E-state index contributed by atoms with van der Waals surface area (Å²) >= 11 is 0. The van der Waals surface area contributed by atoms with Crippen molar-refractivity contribution in [3.8, 4) is 11.5 Å². The Bertz CT molecular complexity index is 2420. The van der Waals surface area contributed by atoms with Gasteiger partial charge in [-0.25, -0.2) is 0 Å². The number of rotatable bonds is 10. The fraction of sp³-hybridized carbons (Fsp3) is 0.396. The Morgan fingerprint density at radius 3 is 1.60 bits per heavy atom. The van der Waals surface area contributed by atoms with Crippen molar-refractivity contribution >= 4 is 66.6 Å². The Balaban J connectivity index is 0.000000193. The molecule has 58 heavy (non-hydrogen) atoms. The molecule has 10 heteroatoms. The molecule has 2 aromatic heterocycles. The third-order valence-electron chi connectivity index (χ3n) is 11.9. The minimum atomic E-state index is -0.266. The quantitative estimate of drug-likeness (QED) is 0.0808. The van der Waals surface area contributed by atoms with E-state index in [0.717, 1.165) is 85.1 Å². The number of furan rings is 2. The van der Waals surface area contributed by atoms with Crippen molar-refractivity contribution in [3.05, 3.63) is 91.7 Å². The number of benzene rings is 4. The average molecular weight is 955 g/mol. The molecule has 6 aromatic rings. The van der Waals surface area contributed by atoms with E-state index in [1.165, 1.54) is 38.5 Å². The van der Waals surface area contributed by atoms with Gasteiger partial charge in [-0.2, -0.15) is 0 Å². The third kappa shape index (κ3) is 9.32. The van der Waals surface area contributed by atoms with Gasteiger partial charge < -0.3 is 31.5 Å². The molecule has 2 unspecified atom stereocenters. The first-order valence-corrected chi connectivity index (χ1v) is 20.3. The molecule has 4 aromatic carbocycles. The zero-order valence-electron chi connectivity index (χ0n) is 33.2. The Morgan fingerprint density at radius 1 is 0.621 bits per heavy atom. The van der Waals surface area contributed by atoms with Crippen molar-refractivity contribution in [2.45, 2.75) is 95.3 Å². The van der Waals surface area contributed by atoms with Crippen molar-refractivity contribution in [2.75, 3.05) is 19.8 Å². The van der Waals surface area contributed by atoms with Crippen LogP contribution < -0.4 is 15.2 Å². The van der Waals surface area contributed by atoms with Gasteiger partial charge in [0.15, 0.2) is 0 Å². The Labute approximate surface area is 353 Å². The van der Waals surface area contributed by atoms with Gasteiger partial charge in [0.25, 0.3) is 0 Å². The summed E-state index contributed by atoms with van der Waals surface area (Å²) in [6.45, 7) is 1.69. The van der Waals surface area contributed by atoms with Crippen LogP contribution >= 0.6 is 0 Å². The smallest absolute Gasteiger partial charge is 0.147 e. The molecule has 3 fully saturated rings. The van der Waals surface area contributed by atoms with Gasteiger partial charge in [-0.1, -0.05) is 44.2 Å². The van der Waals surface area contributed by atoms with E-state index < -0.39 is 0 Å². The molecule has 0 aliphatic heterocycles. The van der Waals surface area contributed by atoms with Crippen molar-refractivity contribution in [2.24, 2.45) is 11.7 Å². The van der Waals surface area contributed by atoms with Crippen LogP contribution in [0.15, 0.2) is 82.0 Å². The summed E-state index contributed by atoms with van der Waals surface area (Å²) in [5.41, 5.74) is 8.82. The summed E-state index contributed by atoms with van der Waals surface area (Å²) in [6.07, 6.45) is 14.8. The minimum Gasteiger partial charge on any atom is -0.494 e. The Morgan fingerprint density at radius 2 is 1.12 bits per heavy atom. The number of ketones is 4. The molecule has 2 N–H and O–H groups in total. The van der Waals surface area contributed by atoms with Crippen molar-refractivity contribution < 1.29 is 58.6 Å². The predicted octanol–water partition coefficient (Wildman–Crippen LogP) is 10.5. The SMILES string of the molecule is NCCOc1ccc2c(ccc3occ(C4CCC(=O)CC4=O)c32)c1.O=C1CCC(c2coc3ccc4cc(OCCCC5CCCCC5)ccc4c23)C(=O)C1.[CH3-].[W]. The zero-order valence-corrected chi connectivity index (χ0v) is 36.2. The second-order valence-corrected chi connectivity index (χ2v) is 15.7. The maximum Gasteiger partial charge on any atom is 0.147 e. The van der Waals surface area contributed by atoms with E-state index in [1.807, 2.05) is 48.5 Å². The summed E-state index contributed by atoms with van der Waals surface area (Å²) < 4.78 is 23.1. The minimum absolute atomic E-state index is 0. The van der Waals surface area contributed by atoms with Gasteiger partial charge in [0.1, 0.15) is 52.4 Å². The first-order valence-electron chi connectivity index (χ1n) is 20.3. The number of hydrogen-bond acceptors (Lipinski definition) is 9. The second-order valence-electron chi connectivity index (χ2n) is 15.7. The molecule has 2 atom stereocenters. The van der Waals surface area contributed by atoms with Gasteiger partial charge in [0, 0.05) is 74.2 Å². The van der Waals surface area contributed by atoms with Gasteiger partial charge in [-0.05, 0) is 102 Å². The first-order chi connectivity index (χ1) is 27.4. The van der Waals surface area contributed by atoms with Gasteiger partial charge in [0.2, 0.25) is 0 Å². The number of fused-ring (bicyclic) bond motifs is 6. The van der Waals surface area contributed by atoms with E-state index in [4.69, 9.17) is 24.0 Å². The van der Waals surface area contributed by atoms with Crippen molar-refractivity contribution in [1.82, 2.24) is 0 Å². The third-order valence-corrected chi connectivity index (χ3v) is 11.9. The monoisotopic (exact) mass is 954 g/mol. The number of ether oxygens (including phenoxy) is 2. The molecule has 3 aliphatic rings. The van der Waals surface area contributed by atoms with Gasteiger partial charge in [0.05, 0.1) is 32.0 Å². The summed E-state index contributed by atoms with van der Waals surface area (Å²) in [7, 11) is 0. The maximum atomic E-state index is 12.5. The van der Waals surface area contributed by atoms with Crippen LogP contribution in [0.2, 0.25) is 0 Å². The first kappa shape index (κ1) is 43.0. The summed E-state index contributed by atoms with van der Waals surface area (Å²) in [5, 5.41) is 6.14. The number of Topliss-reactive ketones (excluding diaryl/α,β-unsaturated/α-hetero) is 4. The average Bonchev–Trinajstić information content (AvgIpc) is 3.84. The van der Waals surface area contributed by atoms with Gasteiger partial charge in [-0.3, -0.25) is 19.2 Å². The fourth-order valence-corrected chi connectivity index (χ4v) is 9.05. The number of nitrogens with two attached hydrogens (primary N) is 1. The molecule has 304 valence electrons. The predicted molar refractivity (Wildman–Crippen MR) is 223 cm³/mol. The summed E-state index contributed by atoms with van der Waals surface area (Å²) in [6, 6.07) is 19.9. The maximum absolute atomic E-state index is 12.5. The summed E-state index contributed by atoms with van der Waals surface area (Å²) in [5.74, 6) is 2.09. The largest absolute Gasteiger partial charge is 0.494 e. The Hall–Kier alpha value is -4.59. The van der Waals surface area contributed by atoms with E-state index in [1.54, 1.807) is 12.5 Å². The van der Waals surface area contributed by atoms with Crippen LogP contribution in [0.5, 0.6) is 11.5 Å². The van der Waals surface area contributed by atoms with Crippen molar-refractivity contribution in [3.63, 3.8) is 0 Å². The second kappa shape index (κ2) is 19.4. The van der Waals surface area contributed by atoms with E-state index in [-0.39, 0.29) is 76.3 Å². The molecule has 2 heterocycles. The van der Waals surface area contributed by atoms with E-state index in [2.05, 4.69) is 12.1 Å². The number of hydrogen-bond donors (Lipinski definition) is 1. The van der Waals surface area contributed by atoms with E-state index in [9.17, 15) is 19.2 Å². The van der Waals surface area contributed by atoms with Crippen LogP contribution in [0, 0.1) is 13.3 Å². The van der Waals surface area contributed by atoms with Crippen LogP contribution in [0.4, 0.5) is 0 Å². The molecule has 9 nitrogen and oxygen atoms in total. The molecule has 3 aliphatic carbocycles. The van der Waals surface area contributed by atoms with Crippen LogP contribution in [0.1, 0.15) is 106 Å². The van der Waals surface area contributed by atoms with Crippen LogP contribution in [0.25, 0.3) is 43.5 Å². The molecule has 3 saturated carbocycles. The van der Waals surface area contributed by atoms with Crippen LogP contribution in [-0.2, 0) is 40.2 Å². The molecular weight excluding hydrogens is 902 g/mol.